The van der Waals surface area contributed by atoms with Gasteiger partial charge in [0.25, 0.3) is 5.91 Å². The van der Waals surface area contributed by atoms with Crippen molar-refractivity contribution in [3.05, 3.63) is 58.7 Å². The maximum Gasteiger partial charge on any atom is 0.251 e. The number of nitrogens with zero attached hydrogens (tertiary/aromatic N) is 2. The van der Waals surface area contributed by atoms with E-state index in [1.165, 1.54) is 28.8 Å². The SMILES string of the molecule is Cc1c(OCCCCN(C)C)ccc(C(C)N2CC(CNC(=O)c3ccc(S(C)(=O)=O)cc3)C2)c1C. The molecule has 1 fully saturated rings. The third-order valence-corrected chi connectivity index (χ3v) is 8.24. The minimum absolute atomic E-state index is 0.176. The van der Waals surface area contributed by atoms with Crippen LogP contribution in [0.3, 0.4) is 0 Å². The van der Waals surface area contributed by atoms with Crippen LogP contribution in [0.5, 0.6) is 5.75 Å². The van der Waals surface area contributed by atoms with Crippen LogP contribution < -0.4 is 10.1 Å². The van der Waals surface area contributed by atoms with Crippen LogP contribution in [0.1, 0.15) is 52.9 Å². The second-order valence-electron chi connectivity index (χ2n) is 10.3. The lowest BCUT2D eigenvalue weighted by molar-refractivity contribution is 0.0569. The third kappa shape index (κ3) is 7.31. The van der Waals surface area contributed by atoms with E-state index in [4.69, 9.17) is 4.74 Å². The maximum atomic E-state index is 12.5. The summed E-state index contributed by atoms with van der Waals surface area (Å²) in [6.07, 6.45) is 3.34. The number of rotatable bonds is 12. The molecule has 1 heterocycles. The van der Waals surface area contributed by atoms with Crippen molar-refractivity contribution in [2.75, 3.05) is 53.1 Å². The van der Waals surface area contributed by atoms with Gasteiger partial charge < -0.3 is 15.0 Å². The minimum atomic E-state index is -3.27. The van der Waals surface area contributed by atoms with Gasteiger partial charge in [-0.3, -0.25) is 9.69 Å². The zero-order valence-corrected chi connectivity index (χ0v) is 23.3. The van der Waals surface area contributed by atoms with Crippen molar-refractivity contribution in [1.29, 1.82) is 0 Å². The lowest BCUT2D eigenvalue weighted by atomic mass is 9.91. The molecular formula is C28H41N3O4S. The zero-order valence-electron chi connectivity index (χ0n) is 22.5. The third-order valence-electron chi connectivity index (χ3n) is 7.12. The highest BCUT2D eigenvalue weighted by molar-refractivity contribution is 7.90. The van der Waals surface area contributed by atoms with Crippen LogP contribution in [-0.2, 0) is 9.84 Å². The van der Waals surface area contributed by atoms with Crippen LogP contribution in [0.25, 0.3) is 0 Å². The maximum absolute atomic E-state index is 12.5. The van der Waals surface area contributed by atoms with E-state index in [0.717, 1.165) is 51.1 Å². The van der Waals surface area contributed by atoms with Gasteiger partial charge in [0.2, 0.25) is 0 Å². The number of amides is 1. The molecule has 0 radical (unpaired) electrons. The van der Waals surface area contributed by atoms with Gasteiger partial charge in [-0.05, 0) is 101 Å². The predicted molar refractivity (Wildman–Crippen MR) is 145 cm³/mol. The van der Waals surface area contributed by atoms with Gasteiger partial charge in [0.05, 0.1) is 11.5 Å². The molecule has 0 aromatic heterocycles. The molecular weight excluding hydrogens is 474 g/mol. The number of hydrogen-bond donors (Lipinski definition) is 1. The molecule has 1 N–H and O–H groups in total. The molecule has 2 aromatic rings. The normalized spacial score (nSPS) is 15.5. The van der Waals surface area contributed by atoms with Crippen LogP contribution in [0.4, 0.5) is 0 Å². The first-order valence-corrected chi connectivity index (χ1v) is 14.6. The van der Waals surface area contributed by atoms with Crippen molar-refractivity contribution < 1.29 is 17.9 Å². The summed E-state index contributed by atoms with van der Waals surface area (Å²) in [5, 5.41) is 2.99. The fraction of sp³-hybridized carbons (Fsp3) is 0.536. The highest BCUT2D eigenvalue weighted by Crippen LogP contribution is 2.34. The quantitative estimate of drug-likeness (QED) is 0.433. The van der Waals surface area contributed by atoms with E-state index >= 15 is 0 Å². The van der Waals surface area contributed by atoms with Crippen LogP contribution in [0.15, 0.2) is 41.3 Å². The molecule has 36 heavy (non-hydrogen) atoms. The molecule has 1 unspecified atom stereocenters. The molecule has 0 spiro atoms. The molecule has 1 aliphatic rings. The van der Waals surface area contributed by atoms with Crippen LogP contribution >= 0.6 is 0 Å². The monoisotopic (exact) mass is 515 g/mol. The number of carbonyl (C=O) groups excluding carboxylic acids is 1. The molecule has 1 saturated heterocycles. The number of carbonyl (C=O) groups is 1. The van der Waals surface area contributed by atoms with Crippen LogP contribution in [0, 0.1) is 19.8 Å². The molecule has 3 rings (SSSR count). The molecule has 0 aliphatic carbocycles. The van der Waals surface area contributed by atoms with E-state index in [1.54, 1.807) is 12.1 Å². The smallest absolute Gasteiger partial charge is 0.251 e. The summed E-state index contributed by atoms with van der Waals surface area (Å²) in [5.41, 5.74) is 4.28. The summed E-state index contributed by atoms with van der Waals surface area (Å²) in [6.45, 7) is 10.8. The fourth-order valence-corrected chi connectivity index (χ4v) is 5.21. The van der Waals surface area contributed by atoms with Gasteiger partial charge in [0, 0.05) is 43.4 Å². The van der Waals surface area contributed by atoms with Gasteiger partial charge in [0.15, 0.2) is 9.84 Å². The lowest BCUT2D eigenvalue weighted by Gasteiger charge is -2.44. The number of benzene rings is 2. The molecule has 1 amide bonds. The Morgan fingerprint density at radius 1 is 1.08 bits per heavy atom. The van der Waals surface area contributed by atoms with Gasteiger partial charge in [-0.15, -0.1) is 0 Å². The topological polar surface area (TPSA) is 79.0 Å². The van der Waals surface area contributed by atoms with E-state index in [-0.39, 0.29) is 10.8 Å². The predicted octanol–water partition coefficient (Wildman–Crippen LogP) is 3.85. The Morgan fingerprint density at radius 2 is 1.75 bits per heavy atom. The molecule has 0 bridgehead atoms. The Hall–Kier alpha value is -2.42. The molecule has 0 saturated carbocycles. The average molecular weight is 516 g/mol. The second kappa shape index (κ2) is 12.2. The van der Waals surface area contributed by atoms with E-state index in [0.29, 0.717) is 24.1 Å². The zero-order chi connectivity index (χ0) is 26.5. The number of hydrogen-bond acceptors (Lipinski definition) is 6. The first kappa shape index (κ1) is 28.2. The highest BCUT2D eigenvalue weighted by atomic mass is 32.2. The van der Waals surface area contributed by atoms with Gasteiger partial charge in [0.1, 0.15) is 5.75 Å². The Kier molecular flexibility index (Phi) is 9.55. The van der Waals surface area contributed by atoms with Crippen molar-refractivity contribution in [2.24, 2.45) is 5.92 Å². The molecule has 8 heteroatoms. The van der Waals surface area contributed by atoms with Crippen molar-refractivity contribution in [3.63, 3.8) is 0 Å². The van der Waals surface area contributed by atoms with E-state index in [2.05, 4.69) is 62.1 Å². The Balaban J connectivity index is 1.46. The average Bonchev–Trinajstić information content (AvgIpc) is 2.79. The summed E-state index contributed by atoms with van der Waals surface area (Å²) >= 11 is 0. The number of nitrogens with one attached hydrogen (secondary N) is 1. The summed E-state index contributed by atoms with van der Waals surface area (Å²) < 4.78 is 29.2. The summed E-state index contributed by atoms with van der Waals surface area (Å²) in [6, 6.07) is 10.7. The highest BCUT2D eigenvalue weighted by Gasteiger charge is 2.32. The standard InChI is InChI=1S/C28H41N3O4S/c1-20-21(2)27(35-16-8-7-15-30(4)5)14-13-26(20)22(3)31-18-23(19-31)17-29-28(32)24-9-11-25(12-10-24)36(6,33)34/h9-14,22-23H,7-8,15-19H2,1-6H3,(H,29,32). The van der Waals surface area contributed by atoms with Gasteiger partial charge in [-0.1, -0.05) is 6.07 Å². The van der Waals surface area contributed by atoms with Crippen LogP contribution in [-0.4, -0.2) is 77.3 Å². The van der Waals surface area contributed by atoms with Gasteiger partial charge in [-0.2, -0.15) is 0 Å². The second-order valence-corrected chi connectivity index (χ2v) is 12.3. The lowest BCUT2D eigenvalue weighted by Crippen LogP contribution is -2.52. The number of unbranched alkanes of at least 4 members (excludes halogenated alkanes) is 1. The minimum Gasteiger partial charge on any atom is -0.493 e. The summed E-state index contributed by atoms with van der Waals surface area (Å²) in [5.74, 6) is 1.20. The summed E-state index contributed by atoms with van der Waals surface area (Å²) in [7, 11) is 0.917. The fourth-order valence-electron chi connectivity index (χ4n) is 4.58. The largest absolute Gasteiger partial charge is 0.493 e. The molecule has 7 nitrogen and oxygen atoms in total. The van der Waals surface area contributed by atoms with Crippen molar-refractivity contribution in [3.8, 4) is 5.75 Å². The number of sulfone groups is 1. The first-order chi connectivity index (χ1) is 17.0. The Morgan fingerprint density at radius 3 is 2.36 bits per heavy atom. The van der Waals surface area contributed by atoms with E-state index in [9.17, 15) is 13.2 Å². The summed E-state index contributed by atoms with van der Waals surface area (Å²) in [4.78, 5) is 17.3. The first-order valence-electron chi connectivity index (χ1n) is 12.7. The molecule has 198 valence electrons. The molecule has 2 aromatic carbocycles. The van der Waals surface area contributed by atoms with Gasteiger partial charge >= 0.3 is 0 Å². The van der Waals surface area contributed by atoms with E-state index in [1.807, 2.05) is 0 Å². The van der Waals surface area contributed by atoms with Crippen molar-refractivity contribution in [1.82, 2.24) is 15.1 Å². The number of likely N-dealkylation sites (tertiary alicyclic amines) is 1. The van der Waals surface area contributed by atoms with E-state index < -0.39 is 9.84 Å². The molecule has 1 aliphatic heterocycles. The molecule has 1 atom stereocenters. The number of ether oxygens (including phenoxy) is 1. The van der Waals surface area contributed by atoms with Crippen molar-refractivity contribution in [2.45, 2.75) is 44.6 Å². The Bertz CT molecular complexity index is 1140. The Labute approximate surface area is 216 Å². The van der Waals surface area contributed by atoms with Crippen molar-refractivity contribution >= 4 is 15.7 Å². The van der Waals surface area contributed by atoms with Crippen LogP contribution in [0.2, 0.25) is 0 Å². The van der Waals surface area contributed by atoms with Gasteiger partial charge in [-0.25, -0.2) is 8.42 Å².